The Bertz CT molecular complexity index is 521. The van der Waals surface area contributed by atoms with Gasteiger partial charge in [-0.15, -0.1) is 0 Å². The van der Waals surface area contributed by atoms with Gasteiger partial charge in [0, 0.05) is 18.7 Å². The summed E-state index contributed by atoms with van der Waals surface area (Å²) in [5.74, 6) is -1.07. The Kier molecular flexibility index (Phi) is 3.75. The van der Waals surface area contributed by atoms with Crippen molar-refractivity contribution in [2.24, 2.45) is 11.8 Å². The van der Waals surface area contributed by atoms with E-state index in [0.29, 0.717) is 6.54 Å². The second kappa shape index (κ2) is 5.31. The molecule has 0 saturated carbocycles. The SMILES string of the molecule is CC1CNCC1C(=O)Nc1cc(F)ccc1[N+](=O)[O-]. The molecule has 2 unspecified atom stereocenters. The summed E-state index contributed by atoms with van der Waals surface area (Å²) in [6.45, 7) is 3.17. The van der Waals surface area contributed by atoms with Gasteiger partial charge in [0.15, 0.2) is 0 Å². The summed E-state index contributed by atoms with van der Waals surface area (Å²) < 4.78 is 13.1. The fourth-order valence-corrected chi connectivity index (χ4v) is 2.15. The second-order valence-corrected chi connectivity index (χ2v) is 4.65. The first-order valence-electron chi connectivity index (χ1n) is 5.94. The maximum absolute atomic E-state index is 13.1. The van der Waals surface area contributed by atoms with Crippen LogP contribution in [0, 0.1) is 27.8 Å². The van der Waals surface area contributed by atoms with E-state index in [9.17, 15) is 19.3 Å². The maximum atomic E-state index is 13.1. The van der Waals surface area contributed by atoms with Crippen LogP contribution in [0.25, 0.3) is 0 Å². The maximum Gasteiger partial charge on any atom is 0.292 e. The fraction of sp³-hybridized carbons (Fsp3) is 0.417. The van der Waals surface area contributed by atoms with Crippen molar-refractivity contribution >= 4 is 17.3 Å². The molecule has 0 radical (unpaired) electrons. The van der Waals surface area contributed by atoms with E-state index < -0.39 is 10.7 Å². The zero-order chi connectivity index (χ0) is 14.0. The van der Waals surface area contributed by atoms with Crippen molar-refractivity contribution in [1.82, 2.24) is 5.32 Å². The summed E-state index contributed by atoms with van der Waals surface area (Å²) >= 11 is 0. The Labute approximate surface area is 109 Å². The average Bonchev–Trinajstić information content (AvgIpc) is 2.75. The summed E-state index contributed by atoms with van der Waals surface area (Å²) in [4.78, 5) is 22.2. The second-order valence-electron chi connectivity index (χ2n) is 4.65. The molecule has 7 heteroatoms. The minimum absolute atomic E-state index is 0.103. The van der Waals surface area contributed by atoms with E-state index in [-0.39, 0.29) is 29.1 Å². The Morgan fingerprint density at radius 1 is 1.53 bits per heavy atom. The number of nitro groups is 1. The number of halogens is 1. The van der Waals surface area contributed by atoms with Gasteiger partial charge in [0.05, 0.1) is 10.8 Å². The molecule has 2 rings (SSSR count). The van der Waals surface area contributed by atoms with Gasteiger partial charge >= 0.3 is 0 Å². The molecule has 2 N–H and O–H groups in total. The number of anilines is 1. The van der Waals surface area contributed by atoms with Crippen molar-refractivity contribution in [2.75, 3.05) is 18.4 Å². The number of carbonyl (C=O) groups excluding carboxylic acids is 1. The molecule has 1 aliphatic heterocycles. The van der Waals surface area contributed by atoms with E-state index in [2.05, 4.69) is 10.6 Å². The molecule has 6 nitrogen and oxygen atoms in total. The lowest BCUT2D eigenvalue weighted by Crippen LogP contribution is -2.28. The smallest absolute Gasteiger partial charge is 0.292 e. The van der Waals surface area contributed by atoms with Crippen LogP contribution in [-0.4, -0.2) is 23.9 Å². The van der Waals surface area contributed by atoms with Crippen LogP contribution in [0.5, 0.6) is 0 Å². The summed E-state index contributed by atoms with van der Waals surface area (Å²) in [5, 5.41) is 16.3. The highest BCUT2D eigenvalue weighted by molar-refractivity contribution is 5.95. The van der Waals surface area contributed by atoms with Crippen molar-refractivity contribution in [2.45, 2.75) is 6.92 Å². The Morgan fingerprint density at radius 3 is 2.84 bits per heavy atom. The molecule has 0 aliphatic carbocycles. The first kappa shape index (κ1) is 13.4. The van der Waals surface area contributed by atoms with Crippen molar-refractivity contribution < 1.29 is 14.1 Å². The summed E-state index contributed by atoms with van der Waals surface area (Å²) in [6.07, 6.45) is 0. The van der Waals surface area contributed by atoms with Crippen LogP contribution < -0.4 is 10.6 Å². The lowest BCUT2D eigenvalue weighted by atomic mass is 9.97. The lowest BCUT2D eigenvalue weighted by molar-refractivity contribution is -0.384. The molecule has 2 atom stereocenters. The molecule has 19 heavy (non-hydrogen) atoms. The van der Waals surface area contributed by atoms with E-state index in [4.69, 9.17) is 0 Å². The monoisotopic (exact) mass is 267 g/mol. The Hall–Kier alpha value is -2.02. The predicted octanol–water partition coefficient (Wildman–Crippen LogP) is 1.53. The van der Waals surface area contributed by atoms with Crippen LogP contribution in [0.1, 0.15) is 6.92 Å². The van der Waals surface area contributed by atoms with Crippen molar-refractivity contribution in [1.29, 1.82) is 0 Å². The number of nitrogens with one attached hydrogen (secondary N) is 2. The molecule has 0 aromatic heterocycles. The molecule has 1 amide bonds. The quantitative estimate of drug-likeness (QED) is 0.642. The molecule has 1 aromatic rings. The minimum atomic E-state index is -0.647. The molecule has 1 fully saturated rings. The first-order chi connectivity index (χ1) is 8.99. The zero-order valence-electron chi connectivity index (χ0n) is 10.4. The number of amides is 1. The molecule has 1 aromatic carbocycles. The molecular weight excluding hydrogens is 253 g/mol. The van der Waals surface area contributed by atoms with E-state index in [0.717, 1.165) is 24.7 Å². The predicted molar refractivity (Wildman–Crippen MR) is 67.2 cm³/mol. The first-order valence-corrected chi connectivity index (χ1v) is 5.94. The fourth-order valence-electron chi connectivity index (χ4n) is 2.15. The molecule has 0 spiro atoms. The number of nitrogens with zero attached hydrogens (tertiary/aromatic N) is 1. The van der Waals surface area contributed by atoms with E-state index in [1.54, 1.807) is 0 Å². The molecule has 1 saturated heterocycles. The van der Waals surface area contributed by atoms with Crippen molar-refractivity contribution in [3.8, 4) is 0 Å². The molecule has 102 valence electrons. The largest absolute Gasteiger partial charge is 0.320 e. The highest BCUT2D eigenvalue weighted by atomic mass is 19.1. The van der Waals surface area contributed by atoms with Crippen LogP contribution in [0.3, 0.4) is 0 Å². The van der Waals surface area contributed by atoms with Crippen molar-refractivity contribution in [3.05, 3.63) is 34.1 Å². The lowest BCUT2D eigenvalue weighted by Gasteiger charge is -2.14. The van der Waals surface area contributed by atoms with E-state index >= 15 is 0 Å². The summed E-state index contributed by atoms with van der Waals surface area (Å²) in [7, 11) is 0. The molecular formula is C12H14FN3O3. The van der Waals surface area contributed by atoms with Gasteiger partial charge in [0.25, 0.3) is 5.69 Å². The van der Waals surface area contributed by atoms with Gasteiger partial charge in [0.1, 0.15) is 11.5 Å². The Morgan fingerprint density at radius 2 is 2.26 bits per heavy atom. The third-order valence-corrected chi connectivity index (χ3v) is 3.27. The molecule has 1 aliphatic rings. The number of nitro benzene ring substituents is 1. The van der Waals surface area contributed by atoms with Gasteiger partial charge in [-0.05, 0) is 18.5 Å². The number of carbonyl (C=O) groups is 1. The highest BCUT2D eigenvalue weighted by Crippen LogP contribution is 2.26. The van der Waals surface area contributed by atoms with Gasteiger partial charge < -0.3 is 10.6 Å². The van der Waals surface area contributed by atoms with Gasteiger partial charge in [-0.1, -0.05) is 6.92 Å². The van der Waals surface area contributed by atoms with Gasteiger partial charge in [-0.3, -0.25) is 14.9 Å². The standard InChI is InChI=1S/C12H14FN3O3/c1-7-5-14-6-9(7)12(17)15-10-4-8(13)2-3-11(10)16(18)19/h2-4,7,9,14H,5-6H2,1H3,(H,15,17). The molecule has 0 bridgehead atoms. The normalized spacial score (nSPS) is 22.2. The third-order valence-electron chi connectivity index (χ3n) is 3.27. The van der Waals surface area contributed by atoms with Crippen LogP contribution in [0.4, 0.5) is 15.8 Å². The number of hydrogen-bond acceptors (Lipinski definition) is 4. The van der Waals surface area contributed by atoms with Gasteiger partial charge in [0.2, 0.25) is 5.91 Å². The van der Waals surface area contributed by atoms with Crippen molar-refractivity contribution in [3.63, 3.8) is 0 Å². The van der Waals surface area contributed by atoms with Crippen LogP contribution in [-0.2, 0) is 4.79 Å². The van der Waals surface area contributed by atoms with E-state index in [1.807, 2.05) is 6.92 Å². The highest BCUT2D eigenvalue weighted by Gasteiger charge is 2.30. The average molecular weight is 267 g/mol. The topological polar surface area (TPSA) is 84.3 Å². The third kappa shape index (κ3) is 2.87. The summed E-state index contributed by atoms with van der Waals surface area (Å²) in [6, 6.07) is 3.00. The van der Waals surface area contributed by atoms with Gasteiger partial charge in [-0.2, -0.15) is 0 Å². The summed E-state index contributed by atoms with van der Waals surface area (Å²) in [5.41, 5.74) is -0.414. The Balaban J connectivity index is 2.20. The van der Waals surface area contributed by atoms with E-state index in [1.165, 1.54) is 0 Å². The number of rotatable bonds is 3. The number of benzene rings is 1. The molecule has 1 heterocycles. The van der Waals surface area contributed by atoms with Crippen LogP contribution in [0.15, 0.2) is 18.2 Å². The number of hydrogen-bond donors (Lipinski definition) is 2. The zero-order valence-corrected chi connectivity index (χ0v) is 10.4. The van der Waals surface area contributed by atoms with Gasteiger partial charge in [-0.25, -0.2) is 4.39 Å². The van der Waals surface area contributed by atoms with Crippen LogP contribution >= 0.6 is 0 Å². The van der Waals surface area contributed by atoms with Crippen LogP contribution in [0.2, 0.25) is 0 Å². The minimum Gasteiger partial charge on any atom is -0.320 e.